The highest BCUT2D eigenvalue weighted by molar-refractivity contribution is 6.30. The molecule has 1 atom stereocenters. The van der Waals surface area contributed by atoms with Gasteiger partial charge in [0.05, 0.1) is 36.7 Å². The van der Waals surface area contributed by atoms with Gasteiger partial charge in [0, 0.05) is 16.8 Å². The SMILES string of the molecule is COC(=O)C[C@H](NC(=O)c1cc(C)nc2c1cnn2C(C)C)c1ccc(Cl)cc1. The smallest absolute Gasteiger partial charge is 0.307 e. The molecule has 0 saturated carbocycles. The van der Waals surface area contributed by atoms with E-state index in [-0.39, 0.29) is 18.4 Å². The summed E-state index contributed by atoms with van der Waals surface area (Å²) in [5, 5.41) is 8.55. The summed E-state index contributed by atoms with van der Waals surface area (Å²) < 4.78 is 6.57. The third-order valence-corrected chi connectivity index (χ3v) is 4.86. The molecule has 0 aliphatic rings. The third kappa shape index (κ3) is 4.56. The second-order valence-corrected chi connectivity index (χ2v) is 7.53. The van der Waals surface area contributed by atoms with Gasteiger partial charge in [-0.3, -0.25) is 9.59 Å². The van der Waals surface area contributed by atoms with Gasteiger partial charge in [-0.2, -0.15) is 5.10 Å². The minimum Gasteiger partial charge on any atom is -0.469 e. The van der Waals surface area contributed by atoms with Crippen molar-refractivity contribution >= 4 is 34.5 Å². The molecule has 1 N–H and O–H groups in total. The topological polar surface area (TPSA) is 86.1 Å². The molecular formula is C21H23ClN4O3. The molecule has 2 heterocycles. The molecule has 152 valence electrons. The van der Waals surface area contributed by atoms with Gasteiger partial charge in [-0.05, 0) is 44.5 Å². The molecule has 0 fully saturated rings. The Balaban J connectivity index is 1.97. The number of carbonyl (C=O) groups is 2. The molecule has 2 aromatic heterocycles. The summed E-state index contributed by atoms with van der Waals surface area (Å²) in [6.07, 6.45) is 1.65. The lowest BCUT2D eigenvalue weighted by atomic mass is 10.0. The molecule has 0 spiro atoms. The standard InChI is InChI=1S/C21H23ClN4O3/c1-12(2)26-20-17(11-23-26)16(9-13(3)24-20)21(28)25-18(10-19(27)29-4)14-5-7-15(22)8-6-14/h5-9,11-12,18H,10H2,1-4H3,(H,25,28)/t18-/m0/s1. The van der Waals surface area contributed by atoms with Crippen molar-refractivity contribution in [2.24, 2.45) is 0 Å². The average Bonchev–Trinajstić information content (AvgIpc) is 3.11. The molecule has 0 unspecified atom stereocenters. The van der Waals surface area contributed by atoms with Gasteiger partial charge in [0.15, 0.2) is 5.65 Å². The highest BCUT2D eigenvalue weighted by Crippen LogP contribution is 2.24. The Morgan fingerprint density at radius 3 is 2.55 bits per heavy atom. The summed E-state index contributed by atoms with van der Waals surface area (Å²) in [6.45, 7) is 5.84. The van der Waals surface area contributed by atoms with Crippen LogP contribution in [0.2, 0.25) is 5.02 Å². The summed E-state index contributed by atoms with van der Waals surface area (Å²) in [4.78, 5) is 29.6. The second-order valence-electron chi connectivity index (χ2n) is 7.09. The first kappa shape index (κ1) is 20.8. The molecule has 3 rings (SSSR count). The highest BCUT2D eigenvalue weighted by atomic mass is 35.5. The maximum atomic E-state index is 13.2. The number of hydrogen-bond acceptors (Lipinski definition) is 5. The van der Waals surface area contributed by atoms with Crippen molar-refractivity contribution in [1.29, 1.82) is 0 Å². The highest BCUT2D eigenvalue weighted by Gasteiger charge is 2.22. The number of nitrogens with zero attached hydrogens (tertiary/aromatic N) is 3. The van der Waals surface area contributed by atoms with Crippen LogP contribution in [0.4, 0.5) is 0 Å². The first-order valence-corrected chi connectivity index (χ1v) is 9.66. The Labute approximate surface area is 174 Å². The molecule has 7 nitrogen and oxygen atoms in total. The van der Waals surface area contributed by atoms with E-state index in [9.17, 15) is 9.59 Å². The molecule has 0 radical (unpaired) electrons. The number of carbonyl (C=O) groups excluding carboxylic acids is 2. The van der Waals surface area contributed by atoms with Crippen molar-refractivity contribution in [3.63, 3.8) is 0 Å². The summed E-state index contributed by atoms with van der Waals surface area (Å²) in [5.41, 5.74) is 2.58. The van der Waals surface area contributed by atoms with Crippen molar-refractivity contribution in [3.05, 3.63) is 58.4 Å². The molecule has 0 bridgehead atoms. The number of rotatable bonds is 6. The predicted octanol–water partition coefficient (Wildman–Crippen LogP) is 4.01. The number of halogens is 1. The van der Waals surface area contributed by atoms with Crippen LogP contribution in [0, 0.1) is 6.92 Å². The van der Waals surface area contributed by atoms with Crippen LogP contribution in [0.15, 0.2) is 36.5 Å². The van der Waals surface area contributed by atoms with E-state index in [2.05, 4.69) is 15.4 Å². The number of ether oxygens (including phenoxy) is 1. The molecule has 0 aliphatic carbocycles. The van der Waals surface area contributed by atoms with Gasteiger partial charge in [0.2, 0.25) is 0 Å². The fourth-order valence-corrected chi connectivity index (χ4v) is 3.27. The van der Waals surface area contributed by atoms with E-state index in [0.717, 1.165) is 5.56 Å². The first-order valence-electron chi connectivity index (χ1n) is 9.28. The van der Waals surface area contributed by atoms with Gasteiger partial charge in [0.25, 0.3) is 5.91 Å². The Bertz CT molecular complexity index is 1040. The molecule has 1 amide bonds. The van der Waals surface area contributed by atoms with Crippen molar-refractivity contribution in [3.8, 4) is 0 Å². The Morgan fingerprint density at radius 1 is 1.24 bits per heavy atom. The molecule has 3 aromatic rings. The van der Waals surface area contributed by atoms with Gasteiger partial charge in [-0.15, -0.1) is 0 Å². The van der Waals surface area contributed by atoms with Crippen molar-refractivity contribution in [1.82, 2.24) is 20.1 Å². The predicted molar refractivity (Wildman–Crippen MR) is 111 cm³/mol. The number of fused-ring (bicyclic) bond motifs is 1. The van der Waals surface area contributed by atoms with Crippen LogP contribution >= 0.6 is 11.6 Å². The lowest BCUT2D eigenvalue weighted by Gasteiger charge is -2.19. The zero-order chi connectivity index (χ0) is 21.1. The number of aryl methyl sites for hydroxylation is 1. The second kappa shape index (κ2) is 8.61. The van der Waals surface area contributed by atoms with E-state index in [1.165, 1.54) is 7.11 Å². The van der Waals surface area contributed by atoms with E-state index in [1.807, 2.05) is 20.8 Å². The van der Waals surface area contributed by atoms with Crippen LogP contribution in [-0.2, 0) is 9.53 Å². The number of hydrogen-bond donors (Lipinski definition) is 1. The number of benzene rings is 1. The molecule has 29 heavy (non-hydrogen) atoms. The number of amides is 1. The summed E-state index contributed by atoms with van der Waals surface area (Å²) >= 11 is 5.97. The third-order valence-electron chi connectivity index (χ3n) is 4.60. The lowest BCUT2D eigenvalue weighted by molar-refractivity contribution is -0.141. The zero-order valence-corrected chi connectivity index (χ0v) is 17.5. The van der Waals surface area contributed by atoms with Crippen LogP contribution in [0.5, 0.6) is 0 Å². The maximum Gasteiger partial charge on any atom is 0.307 e. The zero-order valence-electron chi connectivity index (χ0n) is 16.8. The van der Waals surface area contributed by atoms with Crippen LogP contribution in [0.1, 0.15) is 54.0 Å². The van der Waals surface area contributed by atoms with Gasteiger partial charge in [-0.25, -0.2) is 9.67 Å². The monoisotopic (exact) mass is 414 g/mol. The van der Waals surface area contributed by atoms with Crippen molar-refractivity contribution in [2.75, 3.05) is 7.11 Å². The van der Waals surface area contributed by atoms with E-state index in [4.69, 9.17) is 16.3 Å². The number of esters is 1. The van der Waals surface area contributed by atoms with Crippen LogP contribution in [-0.4, -0.2) is 33.8 Å². The van der Waals surface area contributed by atoms with Gasteiger partial charge in [0.1, 0.15) is 0 Å². The lowest BCUT2D eigenvalue weighted by Crippen LogP contribution is -2.30. The first-order chi connectivity index (χ1) is 13.8. The maximum absolute atomic E-state index is 13.2. The molecule has 0 aliphatic heterocycles. The summed E-state index contributed by atoms with van der Waals surface area (Å²) in [6, 6.07) is 8.26. The molecular weight excluding hydrogens is 392 g/mol. The minimum absolute atomic E-state index is 0.00232. The Kier molecular flexibility index (Phi) is 6.17. The van der Waals surface area contributed by atoms with E-state index >= 15 is 0 Å². The number of methoxy groups -OCH3 is 1. The fourth-order valence-electron chi connectivity index (χ4n) is 3.14. The molecule has 8 heteroatoms. The van der Waals surface area contributed by atoms with E-state index in [0.29, 0.717) is 27.3 Å². The number of pyridine rings is 1. The van der Waals surface area contributed by atoms with Gasteiger partial charge in [-0.1, -0.05) is 23.7 Å². The average molecular weight is 415 g/mol. The quantitative estimate of drug-likeness (QED) is 0.616. The minimum atomic E-state index is -0.559. The summed E-state index contributed by atoms with van der Waals surface area (Å²) in [5.74, 6) is -0.735. The van der Waals surface area contributed by atoms with Gasteiger partial charge < -0.3 is 10.1 Å². The fraction of sp³-hybridized carbons (Fsp3) is 0.333. The van der Waals surface area contributed by atoms with Gasteiger partial charge >= 0.3 is 5.97 Å². The van der Waals surface area contributed by atoms with Crippen LogP contribution < -0.4 is 5.32 Å². The Morgan fingerprint density at radius 2 is 1.93 bits per heavy atom. The van der Waals surface area contributed by atoms with E-state index in [1.54, 1.807) is 41.2 Å². The van der Waals surface area contributed by atoms with Crippen LogP contribution in [0.3, 0.4) is 0 Å². The molecule has 1 aromatic carbocycles. The summed E-state index contributed by atoms with van der Waals surface area (Å²) in [7, 11) is 1.32. The largest absolute Gasteiger partial charge is 0.469 e. The Hall–Kier alpha value is -2.93. The number of nitrogens with one attached hydrogen (secondary N) is 1. The van der Waals surface area contributed by atoms with Crippen LogP contribution in [0.25, 0.3) is 11.0 Å². The van der Waals surface area contributed by atoms with Crippen molar-refractivity contribution in [2.45, 2.75) is 39.3 Å². The van der Waals surface area contributed by atoms with Crippen molar-refractivity contribution < 1.29 is 14.3 Å². The number of aromatic nitrogens is 3. The van der Waals surface area contributed by atoms with E-state index < -0.39 is 12.0 Å². The molecule has 0 saturated heterocycles. The normalized spacial score (nSPS) is 12.2.